The highest BCUT2D eigenvalue weighted by Gasteiger charge is 2.31. The number of hydrogen-bond acceptors (Lipinski definition) is 3. The molecule has 1 aliphatic heterocycles. The number of carbonyl (C=O) groups excluding carboxylic acids is 1. The maximum Gasteiger partial charge on any atom is 0.296 e. The number of fused-ring (bicyclic) bond motifs is 1. The molecule has 20 heavy (non-hydrogen) atoms. The van der Waals surface area contributed by atoms with E-state index < -0.39 is 5.82 Å². The van der Waals surface area contributed by atoms with E-state index in [1.165, 1.54) is 11.0 Å². The fraction of sp³-hybridized carbons (Fsp3) is 0.286. The van der Waals surface area contributed by atoms with Crippen molar-refractivity contribution in [3.05, 3.63) is 45.3 Å². The van der Waals surface area contributed by atoms with Crippen LogP contribution in [0.2, 0.25) is 0 Å². The Morgan fingerprint density at radius 1 is 1.45 bits per heavy atom. The molecular formula is C14H12BrFN2O2. The Hall–Kier alpha value is -1.69. The summed E-state index contributed by atoms with van der Waals surface area (Å²) in [5.41, 5.74) is 1.68. The van der Waals surface area contributed by atoms with Gasteiger partial charge in [-0.3, -0.25) is 4.79 Å². The summed E-state index contributed by atoms with van der Waals surface area (Å²) in [5.74, 6) is -0.142. The highest BCUT2D eigenvalue weighted by atomic mass is 79.9. The lowest BCUT2D eigenvalue weighted by Crippen LogP contribution is -2.29. The summed E-state index contributed by atoms with van der Waals surface area (Å²) in [5, 5.41) is 0. The van der Waals surface area contributed by atoms with Crippen molar-refractivity contribution in [3.63, 3.8) is 0 Å². The van der Waals surface area contributed by atoms with E-state index in [9.17, 15) is 9.18 Å². The maximum atomic E-state index is 14.1. The first-order valence-corrected chi connectivity index (χ1v) is 7.00. The molecule has 1 amide bonds. The normalized spacial score (nSPS) is 13.7. The minimum absolute atomic E-state index is 0.178. The SMILES string of the molecule is Cc1nc(C)c(C(=O)N2CCc3cc(Br)cc(F)c32)o1. The number of anilines is 1. The van der Waals surface area contributed by atoms with Gasteiger partial charge >= 0.3 is 0 Å². The quantitative estimate of drug-likeness (QED) is 0.800. The van der Waals surface area contributed by atoms with Crippen LogP contribution in [0.1, 0.15) is 27.7 Å². The molecule has 2 heterocycles. The molecule has 0 radical (unpaired) electrons. The van der Waals surface area contributed by atoms with Crippen molar-refractivity contribution in [1.29, 1.82) is 0 Å². The van der Waals surface area contributed by atoms with Crippen molar-refractivity contribution >= 4 is 27.5 Å². The number of amides is 1. The first kappa shape index (κ1) is 13.3. The number of rotatable bonds is 1. The maximum absolute atomic E-state index is 14.1. The van der Waals surface area contributed by atoms with Crippen LogP contribution in [0.4, 0.5) is 10.1 Å². The molecule has 0 bridgehead atoms. The molecule has 104 valence electrons. The largest absolute Gasteiger partial charge is 0.436 e. The van der Waals surface area contributed by atoms with Crippen molar-refractivity contribution in [2.45, 2.75) is 20.3 Å². The number of carbonyl (C=O) groups is 1. The molecule has 0 atom stereocenters. The van der Waals surface area contributed by atoms with Gasteiger partial charge in [0.2, 0.25) is 5.76 Å². The van der Waals surface area contributed by atoms with Crippen LogP contribution in [0.25, 0.3) is 0 Å². The molecule has 1 aliphatic rings. The smallest absolute Gasteiger partial charge is 0.296 e. The Morgan fingerprint density at radius 2 is 2.20 bits per heavy atom. The molecule has 0 fully saturated rings. The van der Waals surface area contributed by atoms with Gasteiger partial charge in [-0.1, -0.05) is 15.9 Å². The molecular weight excluding hydrogens is 327 g/mol. The van der Waals surface area contributed by atoms with Gasteiger partial charge in [-0.05, 0) is 31.0 Å². The molecule has 3 rings (SSSR count). The molecule has 0 saturated heterocycles. The fourth-order valence-corrected chi connectivity index (χ4v) is 2.99. The highest BCUT2D eigenvalue weighted by molar-refractivity contribution is 9.10. The second-order valence-corrected chi connectivity index (χ2v) is 5.67. The Labute approximate surface area is 123 Å². The molecule has 4 nitrogen and oxygen atoms in total. The van der Waals surface area contributed by atoms with E-state index in [0.717, 1.165) is 5.56 Å². The van der Waals surface area contributed by atoms with Crippen LogP contribution in [-0.4, -0.2) is 17.4 Å². The van der Waals surface area contributed by atoms with Crippen molar-refractivity contribution in [1.82, 2.24) is 4.98 Å². The summed E-state index contributed by atoms with van der Waals surface area (Å²) >= 11 is 3.26. The second-order valence-electron chi connectivity index (χ2n) is 4.75. The molecule has 1 aromatic heterocycles. The number of hydrogen-bond donors (Lipinski definition) is 0. The standard InChI is InChI=1S/C14H12BrFN2O2/c1-7-13(20-8(2)17-7)14(19)18-4-3-9-5-10(15)6-11(16)12(9)18/h5-6H,3-4H2,1-2H3. The minimum Gasteiger partial charge on any atom is -0.436 e. The zero-order valence-corrected chi connectivity index (χ0v) is 12.6. The van der Waals surface area contributed by atoms with Gasteiger partial charge in [0.1, 0.15) is 5.82 Å². The average Bonchev–Trinajstić information content (AvgIpc) is 2.92. The Kier molecular flexibility index (Phi) is 3.12. The summed E-state index contributed by atoms with van der Waals surface area (Å²) < 4.78 is 20.1. The monoisotopic (exact) mass is 338 g/mol. The summed E-state index contributed by atoms with van der Waals surface area (Å²) in [7, 11) is 0. The fourth-order valence-electron chi connectivity index (χ4n) is 2.51. The van der Waals surface area contributed by atoms with Crippen molar-refractivity contribution in [2.24, 2.45) is 0 Å². The zero-order chi connectivity index (χ0) is 14.4. The Balaban J connectivity index is 2.03. The first-order valence-electron chi connectivity index (χ1n) is 6.21. The topological polar surface area (TPSA) is 46.3 Å². The predicted molar refractivity (Wildman–Crippen MR) is 75.5 cm³/mol. The van der Waals surface area contributed by atoms with Gasteiger partial charge in [-0.2, -0.15) is 0 Å². The highest BCUT2D eigenvalue weighted by Crippen LogP contribution is 2.34. The number of nitrogens with zero attached hydrogens (tertiary/aromatic N) is 2. The Morgan fingerprint density at radius 3 is 2.85 bits per heavy atom. The third-order valence-corrected chi connectivity index (χ3v) is 3.78. The number of aromatic nitrogens is 1. The first-order chi connectivity index (χ1) is 9.47. The van der Waals surface area contributed by atoms with E-state index in [0.29, 0.717) is 34.7 Å². The van der Waals surface area contributed by atoms with Gasteiger partial charge in [0, 0.05) is 17.9 Å². The van der Waals surface area contributed by atoms with Crippen LogP contribution < -0.4 is 4.90 Å². The van der Waals surface area contributed by atoms with Crippen LogP contribution in [0.3, 0.4) is 0 Å². The molecule has 0 N–H and O–H groups in total. The number of aryl methyl sites for hydroxylation is 2. The number of oxazole rings is 1. The lowest BCUT2D eigenvalue weighted by atomic mass is 10.1. The second kappa shape index (κ2) is 4.70. The zero-order valence-electron chi connectivity index (χ0n) is 11.0. The third-order valence-electron chi connectivity index (χ3n) is 3.32. The van der Waals surface area contributed by atoms with Gasteiger partial charge in [-0.15, -0.1) is 0 Å². The summed E-state index contributed by atoms with van der Waals surface area (Å²) in [6.45, 7) is 3.83. The number of benzene rings is 1. The van der Waals surface area contributed by atoms with E-state index in [4.69, 9.17) is 4.42 Å². The van der Waals surface area contributed by atoms with Crippen molar-refractivity contribution in [3.8, 4) is 0 Å². The van der Waals surface area contributed by atoms with E-state index >= 15 is 0 Å². The van der Waals surface area contributed by atoms with Gasteiger partial charge in [0.05, 0.1) is 11.4 Å². The molecule has 0 unspecified atom stereocenters. The predicted octanol–water partition coefficient (Wildman–Crippen LogP) is 3.40. The van der Waals surface area contributed by atoms with Gasteiger partial charge in [0.25, 0.3) is 5.91 Å². The van der Waals surface area contributed by atoms with Gasteiger partial charge in [0.15, 0.2) is 5.89 Å². The lowest BCUT2D eigenvalue weighted by molar-refractivity contribution is 0.0960. The van der Waals surface area contributed by atoms with Crippen LogP contribution in [0, 0.1) is 19.7 Å². The van der Waals surface area contributed by atoms with Crippen LogP contribution in [0.15, 0.2) is 21.0 Å². The molecule has 6 heteroatoms. The third kappa shape index (κ3) is 2.04. The molecule has 1 aromatic carbocycles. The van der Waals surface area contributed by atoms with Gasteiger partial charge < -0.3 is 9.32 Å². The van der Waals surface area contributed by atoms with Gasteiger partial charge in [-0.25, -0.2) is 9.37 Å². The van der Waals surface area contributed by atoms with Crippen LogP contribution in [-0.2, 0) is 6.42 Å². The summed E-state index contributed by atoms with van der Waals surface area (Å²) in [6, 6.07) is 3.20. The molecule has 0 aliphatic carbocycles. The minimum atomic E-state index is -0.408. The van der Waals surface area contributed by atoms with E-state index in [-0.39, 0.29) is 11.7 Å². The van der Waals surface area contributed by atoms with Crippen molar-refractivity contribution < 1.29 is 13.6 Å². The summed E-state index contributed by atoms with van der Waals surface area (Å²) in [6.07, 6.45) is 0.629. The molecule has 0 saturated carbocycles. The van der Waals surface area contributed by atoms with E-state index in [1.807, 2.05) is 6.07 Å². The van der Waals surface area contributed by atoms with Crippen molar-refractivity contribution in [2.75, 3.05) is 11.4 Å². The van der Waals surface area contributed by atoms with E-state index in [2.05, 4.69) is 20.9 Å². The van der Waals surface area contributed by atoms with Crippen LogP contribution >= 0.6 is 15.9 Å². The molecule has 0 spiro atoms. The molecule has 2 aromatic rings. The van der Waals surface area contributed by atoms with Crippen LogP contribution in [0.5, 0.6) is 0 Å². The van der Waals surface area contributed by atoms with E-state index in [1.54, 1.807) is 13.8 Å². The lowest BCUT2D eigenvalue weighted by Gasteiger charge is -2.16. The number of halogens is 2. The average molecular weight is 339 g/mol. The summed E-state index contributed by atoms with van der Waals surface area (Å²) in [4.78, 5) is 18.0. The Bertz CT molecular complexity index is 711.